The number of methoxy groups -OCH3 is 1. The van der Waals surface area contributed by atoms with Gasteiger partial charge in [-0.15, -0.1) is 0 Å². The maximum atomic E-state index is 12.9. The molecule has 2 aliphatic rings. The van der Waals surface area contributed by atoms with Crippen LogP contribution in [0.4, 0.5) is 5.69 Å². The number of hydrogen-bond donors (Lipinski definition) is 0. The van der Waals surface area contributed by atoms with E-state index in [0.29, 0.717) is 12.2 Å². The van der Waals surface area contributed by atoms with E-state index in [1.807, 2.05) is 43.3 Å². The van der Waals surface area contributed by atoms with E-state index < -0.39 is 12.1 Å². The van der Waals surface area contributed by atoms with E-state index in [9.17, 15) is 9.59 Å². The van der Waals surface area contributed by atoms with Crippen molar-refractivity contribution in [1.29, 1.82) is 0 Å². The highest BCUT2D eigenvalue weighted by molar-refractivity contribution is 6.25. The number of rotatable bonds is 4. The smallest absolute Gasteiger partial charge is 0.263 e. The lowest BCUT2D eigenvalue weighted by molar-refractivity contribution is -0.123. The Hall–Kier alpha value is -3.22. The van der Waals surface area contributed by atoms with Crippen LogP contribution in [0.15, 0.2) is 58.9 Å². The van der Waals surface area contributed by atoms with Crippen LogP contribution in [0.3, 0.4) is 0 Å². The maximum absolute atomic E-state index is 12.9. The Kier molecular flexibility index (Phi) is 3.91. The van der Waals surface area contributed by atoms with E-state index in [1.54, 1.807) is 24.3 Å². The summed E-state index contributed by atoms with van der Waals surface area (Å²) in [4.78, 5) is 26.8. The second kappa shape index (κ2) is 6.25. The summed E-state index contributed by atoms with van der Waals surface area (Å²) >= 11 is 0. The summed E-state index contributed by atoms with van der Waals surface area (Å²) in [5.74, 6) is 0.0998. The molecular formula is C19H18N4O3. The fourth-order valence-corrected chi connectivity index (χ4v) is 3.26. The third-order valence-corrected chi connectivity index (χ3v) is 4.63. The Bertz CT molecular complexity index is 894. The fourth-order valence-electron chi connectivity index (χ4n) is 3.26. The van der Waals surface area contributed by atoms with Crippen molar-refractivity contribution >= 4 is 17.5 Å². The molecule has 26 heavy (non-hydrogen) atoms. The molecule has 2 heterocycles. The van der Waals surface area contributed by atoms with Crippen LogP contribution in [0.25, 0.3) is 0 Å². The van der Waals surface area contributed by atoms with Crippen molar-refractivity contribution in [3.8, 4) is 5.75 Å². The van der Waals surface area contributed by atoms with Gasteiger partial charge < -0.3 is 4.74 Å². The first-order valence-electron chi connectivity index (χ1n) is 8.33. The number of aryl methyl sites for hydroxylation is 1. The van der Waals surface area contributed by atoms with Crippen LogP contribution in [0.1, 0.15) is 11.1 Å². The summed E-state index contributed by atoms with van der Waals surface area (Å²) in [7, 11) is 1.60. The number of fused-ring (bicyclic) bond motifs is 1. The summed E-state index contributed by atoms with van der Waals surface area (Å²) in [6.45, 7) is 2.33. The number of imide groups is 1. The van der Waals surface area contributed by atoms with Gasteiger partial charge in [-0.1, -0.05) is 35.1 Å². The van der Waals surface area contributed by atoms with Gasteiger partial charge in [0, 0.05) is 0 Å². The minimum absolute atomic E-state index is 0.295. The van der Waals surface area contributed by atoms with Gasteiger partial charge in [0.25, 0.3) is 11.8 Å². The van der Waals surface area contributed by atoms with E-state index in [2.05, 4.69) is 10.3 Å². The number of anilines is 1. The van der Waals surface area contributed by atoms with Crippen LogP contribution in [0.5, 0.6) is 5.75 Å². The molecule has 7 heteroatoms. The predicted molar refractivity (Wildman–Crippen MR) is 94.6 cm³/mol. The summed E-state index contributed by atoms with van der Waals surface area (Å²) in [5.41, 5.74) is 2.56. The van der Waals surface area contributed by atoms with Gasteiger partial charge in [-0.25, -0.2) is 4.90 Å². The first-order valence-corrected chi connectivity index (χ1v) is 8.33. The third kappa shape index (κ3) is 2.61. The van der Waals surface area contributed by atoms with E-state index in [4.69, 9.17) is 4.74 Å². The van der Waals surface area contributed by atoms with Gasteiger partial charge in [-0.3, -0.25) is 14.6 Å². The molecule has 4 rings (SSSR count). The predicted octanol–water partition coefficient (Wildman–Crippen LogP) is 2.50. The summed E-state index contributed by atoms with van der Waals surface area (Å²) in [6, 6.07) is 13.3. The molecule has 0 unspecified atom stereocenters. The van der Waals surface area contributed by atoms with Gasteiger partial charge in [0.2, 0.25) is 0 Å². The van der Waals surface area contributed by atoms with Gasteiger partial charge in [0.1, 0.15) is 5.75 Å². The highest BCUT2D eigenvalue weighted by atomic mass is 16.5. The SMILES string of the molecule is COc1cccc(CN2N=N[C@H]3C(=O)N(c4ccc(C)cc4)C(=O)[C@H]32)c1. The Morgan fingerprint density at radius 3 is 2.58 bits per heavy atom. The number of carbonyl (C=O) groups excluding carboxylic acids is 2. The van der Waals surface area contributed by atoms with Crippen LogP contribution < -0.4 is 9.64 Å². The van der Waals surface area contributed by atoms with Crippen LogP contribution in [-0.4, -0.2) is 36.0 Å². The average Bonchev–Trinajstić information content (AvgIpc) is 3.17. The first-order chi connectivity index (χ1) is 12.6. The van der Waals surface area contributed by atoms with E-state index in [1.165, 1.54) is 4.90 Å². The zero-order chi connectivity index (χ0) is 18.3. The highest BCUT2D eigenvalue weighted by Crippen LogP contribution is 2.33. The van der Waals surface area contributed by atoms with Crippen molar-refractivity contribution in [1.82, 2.24) is 5.01 Å². The Morgan fingerprint density at radius 2 is 1.85 bits per heavy atom. The van der Waals surface area contributed by atoms with E-state index in [0.717, 1.165) is 16.9 Å². The van der Waals surface area contributed by atoms with Gasteiger partial charge in [-0.2, -0.15) is 5.11 Å². The summed E-state index contributed by atoms with van der Waals surface area (Å²) in [5, 5.41) is 9.69. The molecule has 2 atom stereocenters. The van der Waals surface area contributed by atoms with Crippen LogP contribution in [0, 0.1) is 6.92 Å². The summed E-state index contributed by atoms with van der Waals surface area (Å²) in [6.07, 6.45) is 0. The minimum atomic E-state index is -0.783. The number of ether oxygens (including phenoxy) is 1. The Labute approximate surface area is 150 Å². The number of nitrogens with zero attached hydrogens (tertiary/aromatic N) is 4. The molecule has 0 N–H and O–H groups in total. The quantitative estimate of drug-likeness (QED) is 0.794. The molecule has 1 fully saturated rings. The standard InChI is InChI=1S/C19H18N4O3/c1-12-6-8-14(9-7-12)23-18(24)16-17(19(23)25)22(21-20-16)11-13-4-3-5-15(10-13)26-2/h3-10,16-17H,11H2,1-2H3/t16-,17+/m1/s1. The topological polar surface area (TPSA) is 74.6 Å². The minimum Gasteiger partial charge on any atom is -0.497 e. The molecule has 2 aromatic rings. The molecule has 2 aromatic carbocycles. The first kappa shape index (κ1) is 16.3. The van der Waals surface area contributed by atoms with Gasteiger partial charge in [-0.05, 0) is 36.8 Å². The molecule has 2 aliphatic heterocycles. The second-order valence-electron chi connectivity index (χ2n) is 6.39. The molecule has 0 radical (unpaired) electrons. The van der Waals surface area contributed by atoms with Gasteiger partial charge >= 0.3 is 0 Å². The largest absolute Gasteiger partial charge is 0.497 e. The van der Waals surface area contributed by atoms with Crippen molar-refractivity contribution in [2.75, 3.05) is 12.0 Å². The highest BCUT2D eigenvalue weighted by Gasteiger charge is 2.54. The van der Waals surface area contributed by atoms with Crippen molar-refractivity contribution in [2.24, 2.45) is 10.3 Å². The maximum Gasteiger partial charge on any atom is 0.263 e. The van der Waals surface area contributed by atoms with Gasteiger partial charge in [0.05, 0.1) is 19.3 Å². The van der Waals surface area contributed by atoms with Crippen LogP contribution in [-0.2, 0) is 16.1 Å². The molecule has 1 saturated heterocycles. The lowest BCUT2D eigenvalue weighted by Gasteiger charge is -2.21. The molecule has 0 spiro atoms. The molecule has 0 aromatic heterocycles. The number of carbonyl (C=O) groups is 2. The fraction of sp³-hybridized carbons (Fsp3) is 0.263. The molecule has 0 aliphatic carbocycles. The molecule has 0 saturated carbocycles. The van der Waals surface area contributed by atoms with Crippen molar-refractivity contribution in [3.05, 3.63) is 59.7 Å². The van der Waals surface area contributed by atoms with Crippen molar-refractivity contribution in [3.63, 3.8) is 0 Å². The molecule has 2 amide bonds. The zero-order valence-corrected chi connectivity index (χ0v) is 14.5. The molecule has 7 nitrogen and oxygen atoms in total. The van der Waals surface area contributed by atoms with Crippen molar-refractivity contribution < 1.29 is 14.3 Å². The zero-order valence-electron chi connectivity index (χ0n) is 14.5. The molecular weight excluding hydrogens is 332 g/mol. The Morgan fingerprint density at radius 1 is 1.08 bits per heavy atom. The van der Waals surface area contributed by atoms with Gasteiger partial charge in [0.15, 0.2) is 12.1 Å². The monoisotopic (exact) mass is 350 g/mol. The summed E-state index contributed by atoms with van der Waals surface area (Å²) < 4.78 is 5.23. The van der Waals surface area contributed by atoms with Crippen LogP contribution in [0.2, 0.25) is 0 Å². The molecule has 132 valence electrons. The van der Waals surface area contributed by atoms with E-state index in [-0.39, 0.29) is 11.8 Å². The lowest BCUT2D eigenvalue weighted by atomic mass is 10.1. The molecule has 0 bridgehead atoms. The lowest BCUT2D eigenvalue weighted by Crippen LogP contribution is -2.39. The average molecular weight is 350 g/mol. The third-order valence-electron chi connectivity index (χ3n) is 4.63. The Balaban J connectivity index is 1.58. The van der Waals surface area contributed by atoms with Crippen molar-refractivity contribution in [2.45, 2.75) is 25.6 Å². The van der Waals surface area contributed by atoms with Crippen LogP contribution >= 0.6 is 0 Å². The van der Waals surface area contributed by atoms with E-state index >= 15 is 0 Å². The normalized spacial score (nSPS) is 21.5. The second-order valence-corrected chi connectivity index (χ2v) is 6.39. The number of hydrogen-bond acceptors (Lipinski definition) is 6. The number of amides is 2. The number of benzene rings is 2.